The summed E-state index contributed by atoms with van der Waals surface area (Å²) in [6.07, 6.45) is -0.177. The van der Waals surface area contributed by atoms with Crippen molar-refractivity contribution in [3.63, 3.8) is 0 Å². The maximum Gasteiger partial charge on any atom is 0.306 e. The lowest BCUT2D eigenvalue weighted by atomic mass is 10.2. The van der Waals surface area contributed by atoms with Crippen molar-refractivity contribution in [3.05, 3.63) is 29.8 Å². The molecule has 0 heterocycles. The van der Waals surface area contributed by atoms with Crippen LogP contribution in [-0.2, 0) is 19.6 Å². The van der Waals surface area contributed by atoms with Crippen LogP contribution in [0.25, 0.3) is 0 Å². The van der Waals surface area contributed by atoms with Crippen molar-refractivity contribution in [2.75, 3.05) is 23.6 Å². The van der Waals surface area contributed by atoms with Crippen molar-refractivity contribution in [1.29, 1.82) is 0 Å². The van der Waals surface area contributed by atoms with Gasteiger partial charge < -0.3 is 10.5 Å². The van der Waals surface area contributed by atoms with Gasteiger partial charge in [-0.25, -0.2) is 8.42 Å². The minimum absolute atomic E-state index is 0.177. The average molecular weight is 310 g/mol. The fourth-order valence-corrected chi connectivity index (χ4v) is 2.49. The second-order valence-corrected chi connectivity index (χ2v) is 5.90. The first-order valence-electron chi connectivity index (χ1n) is 6.42. The number of sulfonamides is 1. The van der Waals surface area contributed by atoms with E-state index in [0.29, 0.717) is 5.69 Å². The molecule has 0 saturated heterocycles. The predicted octanol–water partition coefficient (Wildman–Crippen LogP) is 0.692. The number of hydrogen-bond donors (Lipinski definition) is 2. The summed E-state index contributed by atoms with van der Waals surface area (Å²) in [5, 5.41) is 0. The van der Waals surface area contributed by atoms with Gasteiger partial charge in [-0.15, -0.1) is 0 Å². The highest BCUT2D eigenvalue weighted by molar-refractivity contribution is 7.92. The number of carbonyl (C=O) groups is 1. The van der Waals surface area contributed by atoms with Crippen LogP contribution >= 0.6 is 0 Å². The molecular formula is C14H18N2O4S. The van der Waals surface area contributed by atoms with Gasteiger partial charge in [0.1, 0.15) is 0 Å². The first-order valence-corrected chi connectivity index (χ1v) is 8.07. The molecule has 0 spiro atoms. The number of rotatable bonds is 6. The van der Waals surface area contributed by atoms with Gasteiger partial charge in [-0.2, -0.15) is 0 Å². The molecule has 0 saturated carbocycles. The summed E-state index contributed by atoms with van der Waals surface area (Å²) in [6, 6.07) is 6.57. The Bertz CT molecular complexity index is 627. The fraction of sp³-hybridized carbons (Fsp3) is 0.357. The van der Waals surface area contributed by atoms with Crippen molar-refractivity contribution >= 4 is 21.7 Å². The quantitative estimate of drug-likeness (QED) is 0.595. The van der Waals surface area contributed by atoms with E-state index in [0.717, 1.165) is 5.56 Å². The largest absolute Gasteiger partial charge is 0.466 e. The molecule has 114 valence electrons. The van der Waals surface area contributed by atoms with Crippen molar-refractivity contribution in [3.8, 4) is 11.8 Å². The highest BCUT2D eigenvalue weighted by atomic mass is 32.2. The third-order valence-corrected chi connectivity index (χ3v) is 3.66. The van der Waals surface area contributed by atoms with Crippen LogP contribution in [0, 0.1) is 11.8 Å². The number of ether oxygens (including phenoxy) is 1. The molecule has 6 nitrogen and oxygen atoms in total. The molecule has 0 atom stereocenters. The number of esters is 1. The van der Waals surface area contributed by atoms with E-state index in [9.17, 15) is 13.2 Å². The Hall–Kier alpha value is -2.04. The number of benzene rings is 1. The van der Waals surface area contributed by atoms with Crippen LogP contribution in [0.5, 0.6) is 0 Å². The van der Waals surface area contributed by atoms with Crippen LogP contribution < -0.4 is 10.5 Å². The number of carbonyl (C=O) groups excluding carboxylic acids is 1. The minimum atomic E-state index is -3.58. The van der Waals surface area contributed by atoms with E-state index in [1.807, 2.05) is 0 Å². The van der Waals surface area contributed by atoms with Gasteiger partial charge in [0.15, 0.2) is 0 Å². The Balaban J connectivity index is 2.60. The fourth-order valence-electron chi connectivity index (χ4n) is 1.46. The molecule has 0 aliphatic heterocycles. The van der Waals surface area contributed by atoms with E-state index >= 15 is 0 Å². The Morgan fingerprint density at radius 1 is 1.33 bits per heavy atom. The highest BCUT2D eigenvalue weighted by Crippen LogP contribution is 2.11. The van der Waals surface area contributed by atoms with Crippen molar-refractivity contribution in [1.82, 2.24) is 0 Å². The first kappa shape index (κ1) is 17.0. The smallest absolute Gasteiger partial charge is 0.306 e. The number of hydrogen-bond acceptors (Lipinski definition) is 5. The Morgan fingerprint density at radius 3 is 2.57 bits per heavy atom. The minimum Gasteiger partial charge on any atom is -0.466 e. The molecule has 7 heteroatoms. The van der Waals surface area contributed by atoms with Gasteiger partial charge in [0.25, 0.3) is 0 Å². The topological polar surface area (TPSA) is 98.5 Å². The zero-order valence-electron chi connectivity index (χ0n) is 11.8. The van der Waals surface area contributed by atoms with Crippen LogP contribution in [0.15, 0.2) is 24.3 Å². The molecule has 0 aliphatic rings. The maximum atomic E-state index is 11.8. The van der Waals surface area contributed by atoms with Gasteiger partial charge in [0.2, 0.25) is 10.0 Å². The molecule has 0 aliphatic carbocycles. The van der Waals surface area contributed by atoms with Gasteiger partial charge in [0.05, 0.1) is 25.3 Å². The van der Waals surface area contributed by atoms with Crippen molar-refractivity contribution in [2.24, 2.45) is 5.73 Å². The standard InChI is InChI=1S/C14H18N2O4S/c1-2-20-14(17)9-11-21(18,19)16-13-7-5-12(6-8-13)4-3-10-15/h5-8,16H,2,9-11,15H2,1H3. The monoisotopic (exact) mass is 310 g/mol. The lowest BCUT2D eigenvalue weighted by molar-refractivity contribution is -0.142. The molecule has 0 bridgehead atoms. The Morgan fingerprint density at radius 2 is 2.00 bits per heavy atom. The third-order valence-electron chi connectivity index (χ3n) is 2.37. The van der Waals surface area contributed by atoms with Crippen LogP contribution in [0.4, 0.5) is 5.69 Å². The zero-order chi connectivity index (χ0) is 15.7. The molecule has 21 heavy (non-hydrogen) atoms. The second-order valence-electron chi connectivity index (χ2n) is 4.06. The number of nitrogens with two attached hydrogens (primary N) is 1. The zero-order valence-corrected chi connectivity index (χ0v) is 12.6. The predicted molar refractivity (Wildman–Crippen MR) is 81.0 cm³/mol. The number of nitrogens with one attached hydrogen (secondary N) is 1. The summed E-state index contributed by atoms with van der Waals surface area (Å²) in [5.41, 5.74) is 6.43. The normalized spacial score (nSPS) is 10.4. The molecule has 1 rings (SSSR count). The van der Waals surface area contributed by atoms with Gasteiger partial charge in [-0.3, -0.25) is 9.52 Å². The molecular weight excluding hydrogens is 292 g/mol. The van der Waals surface area contributed by atoms with Gasteiger partial charge >= 0.3 is 5.97 Å². The summed E-state index contributed by atoms with van der Waals surface area (Å²) >= 11 is 0. The summed E-state index contributed by atoms with van der Waals surface area (Å²) in [4.78, 5) is 11.1. The van der Waals surface area contributed by atoms with E-state index in [1.165, 1.54) is 0 Å². The van der Waals surface area contributed by atoms with Crippen molar-refractivity contribution < 1.29 is 17.9 Å². The van der Waals surface area contributed by atoms with E-state index < -0.39 is 16.0 Å². The van der Waals surface area contributed by atoms with Gasteiger partial charge in [0, 0.05) is 11.3 Å². The first-order chi connectivity index (χ1) is 9.96. The molecule has 0 fully saturated rings. The van der Waals surface area contributed by atoms with Gasteiger partial charge in [-0.1, -0.05) is 11.8 Å². The molecule has 3 N–H and O–H groups in total. The molecule has 0 aromatic heterocycles. The van der Waals surface area contributed by atoms with E-state index in [-0.39, 0.29) is 25.3 Å². The molecule has 0 radical (unpaired) electrons. The molecule has 1 aromatic rings. The van der Waals surface area contributed by atoms with Crippen molar-refractivity contribution in [2.45, 2.75) is 13.3 Å². The lowest BCUT2D eigenvalue weighted by Crippen LogP contribution is -2.19. The Labute approximate surface area is 124 Å². The average Bonchev–Trinajstić information content (AvgIpc) is 2.45. The second kappa shape index (κ2) is 8.29. The molecule has 0 unspecified atom stereocenters. The van der Waals surface area contributed by atoms with Crippen LogP contribution in [0.3, 0.4) is 0 Å². The Kier molecular flexibility index (Phi) is 6.72. The van der Waals surface area contributed by atoms with Gasteiger partial charge in [-0.05, 0) is 31.2 Å². The van der Waals surface area contributed by atoms with E-state index in [4.69, 9.17) is 5.73 Å². The SMILES string of the molecule is CCOC(=O)CCS(=O)(=O)Nc1ccc(C#CCN)cc1. The summed E-state index contributed by atoms with van der Waals surface area (Å²) < 4.78 is 30.7. The highest BCUT2D eigenvalue weighted by Gasteiger charge is 2.13. The van der Waals surface area contributed by atoms with Crippen LogP contribution in [0.1, 0.15) is 18.9 Å². The van der Waals surface area contributed by atoms with Crippen LogP contribution in [0.2, 0.25) is 0 Å². The summed E-state index contributed by atoms with van der Waals surface area (Å²) in [7, 11) is -3.58. The molecule has 0 amide bonds. The maximum absolute atomic E-state index is 11.8. The number of anilines is 1. The van der Waals surface area contributed by atoms with E-state index in [2.05, 4.69) is 21.3 Å². The van der Waals surface area contributed by atoms with E-state index in [1.54, 1.807) is 31.2 Å². The third kappa shape index (κ3) is 6.79. The lowest BCUT2D eigenvalue weighted by Gasteiger charge is -2.07. The molecule has 1 aromatic carbocycles. The summed E-state index contributed by atoms with van der Waals surface area (Å²) in [5.74, 6) is 4.69. The van der Waals surface area contributed by atoms with Crippen LogP contribution in [-0.4, -0.2) is 33.3 Å². The summed E-state index contributed by atoms with van der Waals surface area (Å²) in [6.45, 7) is 2.17.